The smallest absolute Gasteiger partial charge is 0.122 e. The number of aliphatic hydroxyl groups is 1. The fraction of sp³-hybridized carbons (Fsp3) is 0.625. The molecular weight excluding hydrogens is 252 g/mol. The van der Waals surface area contributed by atoms with Crippen molar-refractivity contribution in [2.75, 3.05) is 27.3 Å². The number of methoxy groups -OCH3 is 1. The number of benzene rings is 1. The summed E-state index contributed by atoms with van der Waals surface area (Å²) in [7, 11) is 3.79. The Labute approximate surface area is 122 Å². The first-order valence-corrected chi connectivity index (χ1v) is 7.11. The van der Waals surface area contributed by atoms with Crippen LogP contribution in [0.1, 0.15) is 25.8 Å². The lowest BCUT2D eigenvalue weighted by Crippen LogP contribution is -2.44. The largest absolute Gasteiger partial charge is 0.496 e. The van der Waals surface area contributed by atoms with Crippen LogP contribution < -0.4 is 10.5 Å². The molecule has 1 aromatic carbocycles. The Morgan fingerprint density at radius 1 is 1.40 bits per heavy atom. The Morgan fingerprint density at radius 3 is 2.65 bits per heavy atom. The van der Waals surface area contributed by atoms with E-state index in [2.05, 4.69) is 24.9 Å². The van der Waals surface area contributed by atoms with Gasteiger partial charge in [0.15, 0.2) is 0 Å². The third-order valence-corrected chi connectivity index (χ3v) is 3.86. The number of likely N-dealkylation sites (N-methyl/N-ethyl adjacent to an activating group) is 1. The van der Waals surface area contributed by atoms with Gasteiger partial charge in [0.25, 0.3) is 0 Å². The van der Waals surface area contributed by atoms with Gasteiger partial charge in [-0.2, -0.15) is 0 Å². The zero-order valence-electron chi connectivity index (χ0n) is 13.1. The monoisotopic (exact) mass is 280 g/mol. The molecule has 4 nitrogen and oxygen atoms in total. The van der Waals surface area contributed by atoms with Gasteiger partial charge in [0, 0.05) is 11.6 Å². The molecule has 0 heterocycles. The molecule has 2 unspecified atom stereocenters. The molecular formula is C16H28N2O2. The third-order valence-electron chi connectivity index (χ3n) is 3.86. The number of ether oxygens (including phenoxy) is 1. The van der Waals surface area contributed by atoms with E-state index in [0.29, 0.717) is 6.04 Å². The standard InChI is InChI=1S/C16H28N2O2/c1-13(18(3)10-9-16(2,17)12-19)11-14-7-5-6-8-15(14)20-4/h5-8,13,19H,9-12,17H2,1-4H3. The summed E-state index contributed by atoms with van der Waals surface area (Å²) in [6.45, 7) is 4.95. The van der Waals surface area contributed by atoms with Crippen LogP contribution in [-0.4, -0.2) is 48.9 Å². The molecule has 1 aromatic rings. The van der Waals surface area contributed by atoms with E-state index in [9.17, 15) is 5.11 Å². The van der Waals surface area contributed by atoms with Gasteiger partial charge in [-0.15, -0.1) is 0 Å². The predicted octanol–water partition coefficient (Wildman–Crippen LogP) is 1.66. The summed E-state index contributed by atoms with van der Waals surface area (Å²) in [4.78, 5) is 2.27. The molecule has 4 heteroatoms. The molecule has 0 aromatic heterocycles. The second kappa shape index (κ2) is 7.62. The van der Waals surface area contributed by atoms with Gasteiger partial charge < -0.3 is 20.5 Å². The van der Waals surface area contributed by atoms with Crippen molar-refractivity contribution >= 4 is 0 Å². The number of hydrogen-bond acceptors (Lipinski definition) is 4. The number of nitrogens with two attached hydrogens (primary N) is 1. The normalized spacial score (nSPS) is 15.9. The second-order valence-electron chi connectivity index (χ2n) is 5.91. The summed E-state index contributed by atoms with van der Waals surface area (Å²) in [5.74, 6) is 0.937. The van der Waals surface area contributed by atoms with Crippen LogP contribution in [0, 0.1) is 0 Å². The van der Waals surface area contributed by atoms with Crippen molar-refractivity contribution in [2.45, 2.75) is 38.3 Å². The zero-order valence-corrected chi connectivity index (χ0v) is 13.1. The maximum Gasteiger partial charge on any atom is 0.122 e. The summed E-state index contributed by atoms with van der Waals surface area (Å²) >= 11 is 0. The van der Waals surface area contributed by atoms with Crippen LogP contribution in [0.5, 0.6) is 5.75 Å². The molecule has 0 aliphatic heterocycles. The zero-order chi connectivity index (χ0) is 15.2. The van der Waals surface area contributed by atoms with Gasteiger partial charge in [-0.3, -0.25) is 0 Å². The summed E-state index contributed by atoms with van der Waals surface area (Å²) in [5, 5.41) is 9.19. The number of hydrogen-bond donors (Lipinski definition) is 2. The highest BCUT2D eigenvalue weighted by Crippen LogP contribution is 2.20. The van der Waals surface area contributed by atoms with Crippen LogP contribution in [0.15, 0.2) is 24.3 Å². The van der Waals surface area contributed by atoms with Crippen molar-refractivity contribution in [2.24, 2.45) is 5.73 Å². The van der Waals surface area contributed by atoms with Crippen LogP contribution in [0.4, 0.5) is 0 Å². The predicted molar refractivity (Wildman–Crippen MR) is 83.1 cm³/mol. The van der Waals surface area contributed by atoms with Crippen LogP contribution in [0.25, 0.3) is 0 Å². The van der Waals surface area contributed by atoms with Crippen LogP contribution in [0.2, 0.25) is 0 Å². The fourth-order valence-corrected chi connectivity index (χ4v) is 2.08. The number of nitrogens with zero attached hydrogens (tertiary/aromatic N) is 1. The van der Waals surface area contributed by atoms with Gasteiger partial charge in [0.2, 0.25) is 0 Å². The molecule has 0 saturated heterocycles. The molecule has 0 bridgehead atoms. The van der Waals surface area contributed by atoms with Crippen molar-refractivity contribution in [3.63, 3.8) is 0 Å². The molecule has 1 rings (SSSR count). The maximum atomic E-state index is 9.19. The van der Waals surface area contributed by atoms with Gasteiger partial charge in [-0.05, 0) is 51.9 Å². The van der Waals surface area contributed by atoms with Gasteiger partial charge in [0.1, 0.15) is 5.75 Å². The maximum absolute atomic E-state index is 9.19. The lowest BCUT2D eigenvalue weighted by atomic mass is 9.99. The first kappa shape index (κ1) is 17.0. The van der Waals surface area contributed by atoms with Crippen molar-refractivity contribution in [1.82, 2.24) is 4.90 Å². The molecule has 0 saturated carbocycles. The highest BCUT2D eigenvalue weighted by molar-refractivity contribution is 5.33. The molecule has 0 radical (unpaired) electrons. The Morgan fingerprint density at radius 2 is 2.05 bits per heavy atom. The van der Waals surface area contributed by atoms with Crippen LogP contribution in [-0.2, 0) is 6.42 Å². The summed E-state index contributed by atoms with van der Waals surface area (Å²) in [6.07, 6.45) is 1.71. The van der Waals surface area contributed by atoms with Crippen molar-refractivity contribution in [1.29, 1.82) is 0 Å². The quantitative estimate of drug-likeness (QED) is 0.760. The molecule has 0 aliphatic rings. The van der Waals surface area contributed by atoms with E-state index in [1.165, 1.54) is 5.56 Å². The summed E-state index contributed by atoms with van der Waals surface area (Å²) < 4.78 is 5.39. The first-order chi connectivity index (χ1) is 9.39. The van der Waals surface area contributed by atoms with E-state index in [1.807, 2.05) is 25.1 Å². The number of aliphatic hydroxyl groups excluding tert-OH is 1. The van der Waals surface area contributed by atoms with Crippen LogP contribution >= 0.6 is 0 Å². The van der Waals surface area contributed by atoms with Gasteiger partial charge in [-0.1, -0.05) is 18.2 Å². The average Bonchev–Trinajstić information content (AvgIpc) is 2.45. The van der Waals surface area contributed by atoms with Crippen molar-refractivity contribution < 1.29 is 9.84 Å². The minimum Gasteiger partial charge on any atom is -0.496 e. The molecule has 3 N–H and O–H groups in total. The van der Waals surface area contributed by atoms with Gasteiger partial charge >= 0.3 is 0 Å². The topological polar surface area (TPSA) is 58.7 Å². The number of rotatable bonds is 8. The molecule has 2 atom stereocenters. The molecule has 114 valence electrons. The molecule has 0 spiro atoms. The average molecular weight is 280 g/mol. The Kier molecular flexibility index (Phi) is 6.46. The van der Waals surface area contributed by atoms with E-state index < -0.39 is 5.54 Å². The van der Waals surface area contributed by atoms with E-state index in [-0.39, 0.29) is 6.61 Å². The lowest BCUT2D eigenvalue weighted by Gasteiger charge is -2.29. The van der Waals surface area contributed by atoms with Crippen molar-refractivity contribution in [3.8, 4) is 5.75 Å². The van der Waals surface area contributed by atoms with E-state index in [0.717, 1.165) is 25.1 Å². The third kappa shape index (κ3) is 5.12. The lowest BCUT2D eigenvalue weighted by molar-refractivity contribution is 0.170. The Hall–Kier alpha value is -1.10. The minimum absolute atomic E-state index is 0.0156. The second-order valence-corrected chi connectivity index (χ2v) is 5.91. The Balaban J connectivity index is 2.55. The number of para-hydroxylation sites is 1. The van der Waals surface area contributed by atoms with Crippen molar-refractivity contribution in [3.05, 3.63) is 29.8 Å². The summed E-state index contributed by atoms with van der Waals surface area (Å²) in [6, 6.07) is 8.50. The fourth-order valence-electron chi connectivity index (χ4n) is 2.08. The van der Waals surface area contributed by atoms with E-state index in [1.54, 1.807) is 7.11 Å². The highest BCUT2D eigenvalue weighted by Gasteiger charge is 2.19. The van der Waals surface area contributed by atoms with Crippen LogP contribution in [0.3, 0.4) is 0 Å². The molecule has 0 amide bonds. The summed E-state index contributed by atoms with van der Waals surface area (Å²) in [5.41, 5.74) is 6.68. The molecule has 0 aliphatic carbocycles. The first-order valence-electron chi connectivity index (χ1n) is 7.11. The highest BCUT2D eigenvalue weighted by atomic mass is 16.5. The van der Waals surface area contributed by atoms with E-state index >= 15 is 0 Å². The van der Waals surface area contributed by atoms with Gasteiger partial charge in [0.05, 0.1) is 13.7 Å². The van der Waals surface area contributed by atoms with Gasteiger partial charge in [-0.25, -0.2) is 0 Å². The SMILES string of the molecule is COc1ccccc1CC(C)N(C)CCC(C)(N)CO. The van der Waals surface area contributed by atoms with E-state index in [4.69, 9.17) is 10.5 Å². The minimum atomic E-state index is -0.502. The Bertz CT molecular complexity index is 407. The molecule has 0 fully saturated rings. The molecule has 20 heavy (non-hydrogen) atoms.